The lowest BCUT2D eigenvalue weighted by Gasteiger charge is -2.17. The van der Waals surface area contributed by atoms with E-state index in [1.54, 1.807) is 12.1 Å². The summed E-state index contributed by atoms with van der Waals surface area (Å²) in [5.74, 6) is -2.71. The first-order valence-electron chi connectivity index (χ1n) is 7.57. The van der Waals surface area contributed by atoms with Gasteiger partial charge >= 0.3 is 0 Å². The van der Waals surface area contributed by atoms with Gasteiger partial charge in [0.25, 0.3) is 11.8 Å². The normalized spacial score (nSPS) is 11.6. The highest BCUT2D eigenvalue weighted by Crippen LogP contribution is 2.21. The van der Waals surface area contributed by atoms with Crippen LogP contribution in [0.2, 0.25) is 0 Å². The van der Waals surface area contributed by atoms with Crippen LogP contribution in [-0.2, 0) is 4.79 Å². The van der Waals surface area contributed by atoms with Gasteiger partial charge in [-0.25, -0.2) is 8.78 Å². The van der Waals surface area contributed by atoms with Gasteiger partial charge in [0.1, 0.15) is 17.4 Å². The third-order valence-electron chi connectivity index (χ3n) is 3.70. The Balaban J connectivity index is 1.96. The number of carbonyl (C=O) groups is 2. The first kappa shape index (κ1) is 18.4. The lowest BCUT2D eigenvalue weighted by atomic mass is 10.1. The lowest BCUT2D eigenvalue weighted by Crippen LogP contribution is -2.47. The molecule has 0 radical (unpaired) electrons. The Morgan fingerprint density at radius 1 is 1.08 bits per heavy atom. The van der Waals surface area contributed by atoms with Crippen LogP contribution in [0.15, 0.2) is 36.4 Å². The van der Waals surface area contributed by atoms with E-state index in [1.165, 1.54) is 6.92 Å². The summed E-state index contributed by atoms with van der Waals surface area (Å²) in [5, 5.41) is 0. The quantitative estimate of drug-likeness (QED) is 0.835. The number of aryl methyl sites for hydroxylation is 1. The molecule has 0 fully saturated rings. The number of hydrazine groups is 1. The molecule has 25 heavy (non-hydrogen) atoms. The van der Waals surface area contributed by atoms with E-state index in [2.05, 4.69) is 5.43 Å². The standard InChI is InChI=1S/C18H18F2N2O3/c1-10-5-4-6-16(11(10)2)25-12(3)17(23)21-22-18(24)14-9-13(19)7-8-15(14)20/h4-9,12H,1-3H3,(H,21,23)(H,22,24). The fourth-order valence-corrected chi connectivity index (χ4v) is 2.05. The summed E-state index contributed by atoms with van der Waals surface area (Å²) in [6, 6.07) is 7.92. The van der Waals surface area contributed by atoms with Crippen LogP contribution in [0.25, 0.3) is 0 Å². The molecule has 2 aromatic rings. The number of hydrogen-bond donors (Lipinski definition) is 2. The van der Waals surface area contributed by atoms with Crippen molar-refractivity contribution in [1.29, 1.82) is 0 Å². The molecule has 7 heteroatoms. The Labute approximate surface area is 144 Å². The van der Waals surface area contributed by atoms with E-state index in [4.69, 9.17) is 4.74 Å². The van der Waals surface area contributed by atoms with Crippen molar-refractivity contribution < 1.29 is 23.1 Å². The molecule has 2 rings (SSSR count). The van der Waals surface area contributed by atoms with E-state index in [1.807, 2.05) is 25.3 Å². The van der Waals surface area contributed by atoms with Gasteiger partial charge in [-0.3, -0.25) is 20.4 Å². The van der Waals surface area contributed by atoms with Gasteiger partial charge in [0.15, 0.2) is 6.10 Å². The summed E-state index contributed by atoms with van der Waals surface area (Å²) >= 11 is 0. The molecule has 0 aromatic heterocycles. The Morgan fingerprint density at radius 2 is 1.80 bits per heavy atom. The molecule has 2 aromatic carbocycles. The molecule has 0 spiro atoms. The molecular formula is C18H18F2N2O3. The summed E-state index contributed by atoms with van der Waals surface area (Å²) in [6.45, 7) is 5.29. The van der Waals surface area contributed by atoms with Crippen molar-refractivity contribution in [3.8, 4) is 5.75 Å². The van der Waals surface area contributed by atoms with Gasteiger partial charge < -0.3 is 4.74 Å². The minimum atomic E-state index is -0.968. The van der Waals surface area contributed by atoms with Crippen molar-refractivity contribution in [3.63, 3.8) is 0 Å². The highest BCUT2D eigenvalue weighted by atomic mass is 19.1. The average molecular weight is 348 g/mol. The maximum atomic E-state index is 13.5. The van der Waals surface area contributed by atoms with E-state index in [0.717, 1.165) is 29.3 Å². The summed E-state index contributed by atoms with van der Waals surface area (Å²) in [4.78, 5) is 23.8. The average Bonchev–Trinajstić information content (AvgIpc) is 2.58. The summed E-state index contributed by atoms with van der Waals surface area (Å²) in [6.07, 6.45) is -0.904. The summed E-state index contributed by atoms with van der Waals surface area (Å²) < 4.78 is 32.2. The number of carbonyl (C=O) groups excluding carboxylic acids is 2. The number of amides is 2. The lowest BCUT2D eigenvalue weighted by molar-refractivity contribution is -0.128. The third kappa shape index (κ3) is 4.53. The van der Waals surface area contributed by atoms with Crippen molar-refractivity contribution in [2.75, 3.05) is 0 Å². The number of hydrogen-bond acceptors (Lipinski definition) is 3. The number of nitrogens with one attached hydrogen (secondary N) is 2. The molecule has 2 N–H and O–H groups in total. The predicted molar refractivity (Wildman–Crippen MR) is 88.0 cm³/mol. The van der Waals surface area contributed by atoms with Crippen molar-refractivity contribution in [2.24, 2.45) is 0 Å². The topological polar surface area (TPSA) is 67.4 Å². The number of rotatable bonds is 4. The molecule has 0 saturated carbocycles. The fourth-order valence-electron chi connectivity index (χ4n) is 2.05. The molecule has 0 saturated heterocycles. The molecule has 0 aliphatic rings. The zero-order valence-electron chi connectivity index (χ0n) is 14.0. The van der Waals surface area contributed by atoms with Crippen molar-refractivity contribution in [1.82, 2.24) is 10.9 Å². The first-order valence-corrected chi connectivity index (χ1v) is 7.57. The molecule has 0 bridgehead atoms. The Kier molecular flexibility index (Phi) is 5.69. The van der Waals surface area contributed by atoms with E-state index in [-0.39, 0.29) is 0 Å². The van der Waals surface area contributed by atoms with Gasteiger partial charge in [0, 0.05) is 0 Å². The Morgan fingerprint density at radius 3 is 2.52 bits per heavy atom. The third-order valence-corrected chi connectivity index (χ3v) is 3.70. The molecule has 132 valence electrons. The minimum Gasteiger partial charge on any atom is -0.481 e. The molecular weight excluding hydrogens is 330 g/mol. The molecule has 1 unspecified atom stereocenters. The van der Waals surface area contributed by atoms with Crippen LogP contribution in [-0.4, -0.2) is 17.9 Å². The van der Waals surface area contributed by atoms with Gasteiger partial charge in [-0.1, -0.05) is 12.1 Å². The van der Waals surface area contributed by atoms with Gasteiger partial charge in [-0.2, -0.15) is 0 Å². The van der Waals surface area contributed by atoms with E-state index >= 15 is 0 Å². The molecule has 0 aliphatic carbocycles. The first-order chi connectivity index (χ1) is 11.8. The van der Waals surface area contributed by atoms with Gasteiger partial charge in [0.2, 0.25) is 0 Å². The monoisotopic (exact) mass is 348 g/mol. The molecule has 5 nitrogen and oxygen atoms in total. The zero-order chi connectivity index (χ0) is 18.6. The van der Waals surface area contributed by atoms with E-state index in [0.29, 0.717) is 5.75 Å². The van der Waals surface area contributed by atoms with Crippen molar-refractivity contribution in [2.45, 2.75) is 26.9 Å². The maximum absolute atomic E-state index is 13.5. The van der Waals surface area contributed by atoms with Gasteiger partial charge in [-0.05, 0) is 56.2 Å². The zero-order valence-corrected chi connectivity index (χ0v) is 14.0. The number of halogens is 2. The van der Waals surface area contributed by atoms with Crippen molar-refractivity contribution >= 4 is 11.8 Å². The Hall–Kier alpha value is -2.96. The second kappa shape index (κ2) is 7.74. The minimum absolute atomic E-state index is 0.511. The van der Waals surface area contributed by atoms with Crippen LogP contribution >= 0.6 is 0 Å². The van der Waals surface area contributed by atoms with Crippen LogP contribution in [0, 0.1) is 25.5 Å². The summed E-state index contributed by atoms with van der Waals surface area (Å²) in [5.41, 5.74) is 5.56. The number of ether oxygens (including phenoxy) is 1. The second-order valence-electron chi connectivity index (χ2n) is 5.53. The number of benzene rings is 2. The van der Waals surface area contributed by atoms with Crippen LogP contribution in [0.5, 0.6) is 5.75 Å². The SMILES string of the molecule is Cc1cccc(OC(C)C(=O)NNC(=O)c2cc(F)ccc2F)c1C. The second-order valence-corrected chi connectivity index (χ2v) is 5.53. The van der Waals surface area contributed by atoms with Crippen molar-refractivity contribution in [3.05, 3.63) is 64.7 Å². The highest BCUT2D eigenvalue weighted by molar-refractivity contribution is 5.96. The molecule has 1 atom stereocenters. The molecule has 0 aliphatic heterocycles. The largest absolute Gasteiger partial charge is 0.481 e. The molecule has 0 heterocycles. The van der Waals surface area contributed by atoms with E-state index < -0.39 is 35.1 Å². The van der Waals surface area contributed by atoms with Crippen LogP contribution < -0.4 is 15.6 Å². The van der Waals surface area contributed by atoms with E-state index in [9.17, 15) is 18.4 Å². The highest BCUT2D eigenvalue weighted by Gasteiger charge is 2.18. The predicted octanol–water partition coefficient (Wildman–Crippen LogP) is 2.81. The van der Waals surface area contributed by atoms with Gasteiger partial charge in [-0.15, -0.1) is 0 Å². The Bertz CT molecular complexity index is 809. The smallest absolute Gasteiger partial charge is 0.279 e. The fraction of sp³-hybridized carbons (Fsp3) is 0.222. The van der Waals surface area contributed by atoms with Gasteiger partial charge in [0.05, 0.1) is 5.56 Å². The van der Waals surface area contributed by atoms with Crippen LogP contribution in [0.1, 0.15) is 28.4 Å². The van der Waals surface area contributed by atoms with Crippen LogP contribution in [0.4, 0.5) is 8.78 Å². The van der Waals surface area contributed by atoms with Crippen LogP contribution in [0.3, 0.4) is 0 Å². The molecule has 2 amide bonds. The summed E-state index contributed by atoms with van der Waals surface area (Å²) in [7, 11) is 0. The maximum Gasteiger partial charge on any atom is 0.279 e.